The summed E-state index contributed by atoms with van der Waals surface area (Å²) in [5.41, 5.74) is 0. The second kappa shape index (κ2) is 40.0. The lowest BCUT2D eigenvalue weighted by molar-refractivity contribution is -0.195. The molecule has 0 unspecified atom stereocenters. The quantitative estimate of drug-likeness (QED) is 0.0271. The van der Waals surface area contributed by atoms with Crippen molar-refractivity contribution in [3.05, 3.63) is 0 Å². The second-order valence-electron chi connectivity index (χ2n) is 15.8. The molecule has 56 heavy (non-hydrogen) atoms. The van der Waals surface area contributed by atoms with Crippen molar-refractivity contribution >= 4 is 17.9 Å². The minimum atomic E-state index is -1.22. The van der Waals surface area contributed by atoms with E-state index in [1.165, 1.54) is 116 Å². The summed E-state index contributed by atoms with van der Waals surface area (Å²) in [6.45, 7) is 6.16. The molecule has 11 nitrogen and oxygen atoms in total. The van der Waals surface area contributed by atoms with E-state index in [2.05, 4.69) is 20.8 Å². The lowest BCUT2D eigenvalue weighted by atomic mass is 10.0. The monoisotopic (exact) mass is 803 g/mol. The molecule has 1 aliphatic heterocycles. The van der Waals surface area contributed by atoms with Crippen molar-refractivity contribution in [2.75, 3.05) is 26.4 Å². The van der Waals surface area contributed by atoms with Crippen molar-refractivity contribution in [3.8, 4) is 0 Å². The van der Waals surface area contributed by atoms with Crippen LogP contribution in [-0.2, 0) is 33.3 Å². The summed E-state index contributed by atoms with van der Waals surface area (Å²) >= 11 is 0. The molecule has 0 aromatic carbocycles. The van der Waals surface area contributed by atoms with Crippen LogP contribution in [0.15, 0.2) is 0 Å². The number of aliphatic hydroxyl groups is 4. The normalized spacial score (nSPS) is 18.0. The number of esters is 3. The number of carbonyl (C=O) groups excluding carboxylic acids is 3. The van der Waals surface area contributed by atoms with Gasteiger partial charge in [-0.2, -0.15) is 0 Å². The molecule has 0 radical (unpaired) electrons. The fourth-order valence-corrected chi connectivity index (χ4v) is 6.64. The molecule has 1 fully saturated rings. The van der Waals surface area contributed by atoms with Crippen LogP contribution in [0.3, 0.4) is 0 Å². The highest BCUT2D eigenvalue weighted by Gasteiger charge is 2.36. The zero-order chi connectivity index (χ0) is 41.5. The zero-order valence-electron chi connectivity index (χ0n) is 36.1. The number of hydrogen-bond donors (Lipinski definition) is 4. The first-order valence-corrected chi connectivity index (χ1v) is 23.0. The number of ether oxygens (including phenoxy) is 4. The molecule has 0 saturated carbocycles. The van der Waals surface area contributed by atoms with Gasteiger partial charge in [0.05, 0.1) is 13.2 Å². The van der Waals surface area contributed by atoms with E-state index in [0.717, 1.165) is 57.8 Å². The highest BCUT2D eigenvalue weighted by Crippen LogP contribution is 2.16. The maximum absolute atomic E-state index is 12.6. The van der Waals surface area contributed by atoms with E-state index in [1.54, 1.807) is 0 Å². The number of carbonyl (C=O) groups is 3. The third-order valence-electron chi connectivity index (χ3n) is 10.4. The third kappa shape index (κ3) is 33.2. The number of unbranched alkanes of at least 4 members (excludes halogenated alkanes) is 24. The first kappa shape index (κ1) is 54.2. The molecule has 0 aromatic heterocycles. The van der Waals surface area contributed by atoms with Gasteiger partial charge in [0.2, 0.25) is 0 Å². The van der Waals surface area contributed by atoms with Crippen LogP contribution in [0.1, 0.15) is 213 Å². The Kier molecular flexibility index (Phi) is 38.7. The van der Waals surface area contributed by atoms with Crippen LogP contribution in [0, 0.1) is 0 Å². The highest BCUT2D eigenvalue weighted by molar-refractivity contribution is 5.71. The average Bonchev–Trinajstić information content (AvgIpc) is 3.19. The number of hydrogen-bond acceptors (Lipinski definition) is 11. The lowest BCUT2D eigenvalue weighted by Crippen LogP contribution is -2.53. The summed E-state index contributed by atoms with van der Waals surface area (Å²) in [6, 6.07) is 0. The lowest BCUT2D eigenvalue weighted by Gasteiger charge is -2.34. The molecule has 0 spiro atoms. The molecule has 4 atom stereocenters. The van der Waals surface area contributed by atoms with E-state index in [1.807, 2.05) is 0 Å². The second-order valence-corrected chi connectivity index (χ2v) is 15.8. The molecule has 0 bridgehead atoms. The molecule has 0 aromatic rings. The molecule has 332 valence electrons. The van der Waals surface area contributed by atoms with Gasteiger partial charge in [-0.05, 0) is 19.3 Å². The summed E-state index contributed by atoms with van der Waals surface area (Å²) in [5, 5.41) is 35.7. The molecule has 1 rings (SSSR count). The topological polar surface area (TPSA) is 169 Å². The van der Waals surface area contributed by atoms with Crippen molar-refractivity contribution in [1.29, 1.82) is 0 Å². The van der Waals surface area contributed by atoms with Gasteiger partial charge in [-0.15, -0.1) is 0 Å². The molecule has 11 heteroatoms. The predicted molar refractivity (Wildman–Crippen MR) is 222 cm³/mol. The third-order valence-corrected chi connectivity index (χ3v) is 10.4. The van der Waals surface area contributed by atoms with Gasteiger partial charge in [0.15, 0.2) is 6.10 Å². The Labute approximate surface area is 341 Å². The molecular weight excluding hydrogens is 716 g/mol. The Morgan fingerprint density at radius 1 is 0.500 bits per heavy atom. The first-order chi connectivity index (χ1) is 27.2. The fraction of sp³-hybridized carbons (Fsp3) is 0.933. The maximum Gasteiger partial charge on any atom is 0.306 e. The van der Waals surface area contributed by atoms with E-state index in [0.29, 0.717) is 19.3 Å². The van der Waals surface area contributed by atoms with Gasteiger partial charge in [0, 0.05) is 19.3 Å². The van der Waals surface area contributed by atoms with Crippen LogP contribution in [-0.4, -0.2) is 95.3 Å². The molecule has 4 N–H and O–H groups in total. The van der Waals surface area contributed by atoms with E-state index >= 15 is 0 Å². The smallest absolute Gasteiger partial charge is 0.306 e. The van der Waals surface area contributed by atoms with Gasteiger partial charge in [-0.1, -0.05) is 175 Å². The van der Waals surface area contributed by atoms with Gasteiger partial charge in [-0.3, -0.25) is 14.4 Å². The summed E-state index contributed by atoms with van der Waals surface area (Å²) in [6.07, 6.45) is 28.0. The van der Waals surface area contributed by atoms with Gasteiger partial charge in [-0.25, -0.2) is 0 Å². The van der Waals surface area contributed by atoms with E-state index < -0.39 is 30.5 Å². The van der Waals surface area contributed by atoms with Crippen molar-refractivity contribution < 1.29 is 53.8 Å². The van der Waals surface area contributed by atoms with Gasteiger partial charge in [0.25, 0.3) is 0 Å². The Morgan fingerprint density at radius 3 is 1.16 bits per heavy atom. The van der Waals surface area contributed by atoms with Crippen LogP contribution >= 0.6 is 0 Å². The van der Waals surface area contributed by atoms with E-state index in [4.69, 9.17) is 39.4 Å². The summed E-state index contributed by atoms with van der Waals surface area (Å²) in [5.74, 6) is -0.870. The predicted octanol–water partition coefficient (Wildman–Crippen LogP) is 9.21. The SMILES string of the molecule is CCCCCCCCCCCC(=O)OCC(COC(=O)CCCCCCCCCCC)OC(=O)CCCCCCCCCCC.OC[C@H]1OC[C@H](O)[C@@H](O)[C@@H]1O. The van der Waals surface area contributed by atoms with Gasteiger partial charge < -0.3 is 39.4 Å². The van der Waals surface area contributed by atoms with Gasteiger partial charge in [0.1, 0.15) is 37.6 Å². The van der Waals surface area contributed by atoms with Crippen molar-refractivity contribution in [2.45, 2.75) is 244 Å². The minimum absolute atomic E-state index is 0.0521. The van der Waals surface area contributed by atoms with Gasteiger partial charge >= 0.3 is 17.9 Å². The van der Waals surface area contributed by atoms with Crippen molar-refractivity contribution in [3.63, 3.8) is 0 Å². The summed E-state index contributed by atoms with van der Waals surface area (Å²) in [7, 11) is 0. The van der Waals surface area contributed by atoms with Crippen LogP contribution in [0.25, 0.3) is 0 Å². The minimum Gasteiger partial charge on any atom is -0.462 e. The van der Waals surface area contributed by atoms with Crippen LogP contribution < -0.4 is 0 Å². The molecule has 1 heterocycles. The zero-order valence-corrected chi connectivity index (χ0v) is 36.1. The molecule has 1 saturated heterocycles. The van der Waals surface area contributed by atoms with Crippen molar-refractivity contribution in [1.82, 2.24) is 0 Å². The molecule has 0 aliphatic carbocycles. The van der Waals surface area contributed by atoms with Crippen molar-refractivity contribution in [2.24, 2.45) is 0 Å². The van der Waals surface area contributed by atoms with Crippen LogP contribution in [0.2, 0.25) is 0 Å². The van der Waals surface area contributed by atoms with E-state index in [9.17, 15) is 14.4 Å². The number of aliphatic hydroxyl groups excluding tert-OH is 4. The summed E-state index contributed by atoms with van der Waals surface area (Å²) < 4.78 is 21.4. The van der Waals surface area contributed by atoms with E-state index in [-0.39, 0.29) is 44.3 Å². The Morgan fingerprint density at radius 2 is 0.821 bits per heavy atom. The number of rotatable bonds is 36. The Bertz CT molecular complexity index is 861. The maximum atomic E-state index is 12.6. The Hall–Kier alpha value is -1.79. The summed E-state index contributed by atoms with van der Waals surface area (Å²) in [4.78, 5) is 37.3. The molecular formula is C45H86O11. The van der Waals surface area contributed by atoms with Crippen LogP contribution in [0.5, 0.6) is 0 Å². The average molecular weight is 803 g/mol. The Balaban J connectivity index is 0.00000233. The molecule has 0 amide bonds. The largest absolute Gasteiger partial charge is 0.462 e. The first-order valence-electron chi connectivity index (χ1n) is 23.0. The highest BCUT2D eigenvalue weighted by atomic mass is 16.6. The fourth-order valence-electron chi connectivity index (χ4n) is 6.64. The van der Waals surface area contributed by atoms with Crippen LogP contribution in [0.4, 0.5) is 0 Å². The molecule has 1 aliphatic rings. The standard InChI is InChI=1S/C39H74O6.C6H12O5/c1-4-7-10-13-16-19-22-25-28-31-37(40)43-34-36(45-39(42)33-30-27-24-21-18-15-12-9-6-3)35-44-38(41)32-29-26-23-20-17-14-11-8-5-2;7-1-4-6(10)5(9)3(8)2-11-4/h36H,4-35H2,1-3H3;3-10H,1-2H2/t;3-,4+,5+,6+/m.0/s1.